The molecule has 0 aromatic carbocycles. The van der Waals surface area contributed by atoms with Crippen LogP contribution in [0.15, 0.2) is 36.5 Å². The van der Waals surface area contributed by atoms with E-state index < -0.39 is 0 Å². The number of ether oxygens (including phenoxy) is 2. The summed E-state index contributed by atoms with van der Waals surface area (Å²) in [5, 5.41) is 0. The van der Waals surface area contributed by atoms with E-state index in [1.165, 1.54) is 5.57 Å². The summed E-state index contributed by atoms with van der Waals surface area (Å²) >= 11 is 0. The zero-order valence-electron chi connectivity index (χ0n) is 11.4. The molecule has 4 atom stereocenters. The van der Waals surface area contributed by atoms with Crippen LogP contribution < -0.4 is 0 Å². The molecule has 2 heterocycles. The first kappa shape index (κ1) is 12.7. The predicted molar refractivity (Wildman–Crippen MR) is 72.5 cm³/mol. The lowest BCUT2D eigenvalue weighted by molar-refractivity contribution is -0.140. The molecule has 3 aliphatic rings. The van der Waals surface area contributed by atoms with E-state index in [-0.39, 0.29) is 29.7 Å². The van der Waals surface area contributed by atoms with Crippen molar-refractivity contribution in [2.75, 3.05) is 0 Å². The molecule has 1 aliphatic carbocycles. The Bertz CT molecular complexity index is 476. The monoisotopic (exact) mass is 260 g/mol. The summed E-state index contributed by atoms with van der Waals surface area (Å²) in [6.45, 7) is 9.86. The first-order valence-electron chi connectivity index (χ1n) is 6.94. The van der Waals surface area contributed by atoms with Crippen molar-refractivity contribution in [3.05, 3.63) is 36.5 Å². The zero-order chi connectivity index (χ0) is 13.6. The quantitative estimate of drug-likeness (QED) is 0.413. The molecule has 0 aromatic heterocycles. The standard InChI is InChI=1S/C16H20O3/c1-4-11-6-5-9-16(3)14(19-16)13-12(8-7-11)10(2)15(17)18-13/h4,6,12-14H,1-2,5,7-9H2,3H3/t12-,13-,14+,16+/m0/s1. The molecule has 0 aromatic rings. The second kappa shape index (κ2) is 4.34. The number of epoxide rings is 1. The Morgan fingerprint density at radius 3 is 3.05 bits per heavy atom. The largest absolute Gasteiger partial charge is 0.455 e. The number of hydrogen-bond donors (Lipinski definition) is 0. The number of esters is 1. The number of hydrogen-bond acceptors (Lipinski definition) is 3. The van der Waals surface area contributed by atoms with Gasteiger partial charge in [-0.1, -0.05) is 30.9 Å². The Labute approximate surface area is 114 Å². The van der Waals surface area contributed by atoms with Crippen LogP contribution in [0, 0.1) is 5.92 Å². The highest BCUT2D eigenvalue weighted by Gasteiger charge is 2.61. The van der Waals surface area contributed by atoms with E-state index in [0.717, 1.165) is 25.7 Å². The van der Waals surface area contributed by atoms with Gasteiger partial charge in [-0.15, -0.1) is 0 Å². The van der Waals surface area contributed by atoms with Gasteiger partial charge in [0.05, 0.1) is 5.60 Å². The molecule has 2 fully saturated rings. The summed E-state index contributed by atoms with van der Waals surface area (Å²) < 4.78 is 11.3. The summed E-state index contributed by atoms with van der Waals surface area (Å²) in [4.78, 5) is 11.7. The molecule has 0 N–H and O–H groups in total. The number of allylic oxidation sites excluding steroid dienone is 3. The van der Waals surface area contributed by atoms with Crippen LogP contribution >= 0.6 is 0 Å². The van der Waals surface area contributed by atoms with Crippen LogP contribution in [0.5, 0.6) is 0 Å². The van der Waals surface area contributed by atoms with Crippen molar-refractivity contribution in [2.24, 2.45) is 5.92 Å². The van der Waals surface area contributed by atoms with Gasteiger partial charge in [-0.2, -0.15) is 0 Å². The maximum absolute atomic E-state index is 11.7. The fourth-order valence-electron chi connectivity index (χ4n) is 3.27. The van der Waals surface area contributed by atoms with Crippen molar-refractivity contribution in [2.45, 2.75) is 50.4 Å². The van der Waals surface area contributed by atoms with Gasteiger partial charge >= 0.3 is 5.97 Å². The van der Waals surface area contributed by atoms with Crippen molar-refractivity contribution < 1.29 is 14.3 Å². The molecule has 0 bridgehead atoms. The summed E-state index contributed by atoms with van der Waals surface area (Å²) in [6, 6.07) is 0. The van der Waals surface area contributed by atoms with E-state index in [9.17, 15) is 4.79 Å². The van der Waals surface area contributed by atoms with Crippen LogP contribution in [0.4, 0.5) is 0 Å². The lowest BCUT2D eigenvalue weighted by atomic mass is 9.84. The van der Waals surface area contributed by atoms with Gasteiger partial charge in [0.2, 0.25) is 0 Å². The Balaban J connectivity index is 1.88. The molecule has 3 nitrogen and oxygen atoms in total. The fourth-order valence-corrected chi connectivity index (χ4v) is 3.27. The van der Waals surface area contributed by atoms with Crippen LogP contribution in [0.2, 0.25) is 0 Å². The molecular weight excluding hydrogens is 240 g/mol. The minimum atomic E-state index is -0.253. The maximum atomic E-state index is 11.7. The van der Waals surface area contributed by atoms with Gasteiger partial charge in [-0.3, -0.25) is 0 Å². The van der Waals surface area contributed by atoms with Crippen LogP contribution in [-0.2, 0) is 14.3 Å². The van der Waals surface area contributed by atoms with Gasteiger partial charge in [-0.05, 0) is 32.6 Å². The van der Waals surface area contributed by atoms with Gasteiger partial charge < -0.3 is 9.47 Å². The van der Waals surface area contributed by atoms with Crippen molar-refractivity contribution in [1.82, 2.24) is 0 Å². The minimum absolute atomic E-state index is 0.0411. The Morgan fingerprint density at radius 2 is 2.32 bits per heavy atom. The van der Waals surface area contributed by atoms with E-state index in [0.29, 0.717) is 5.57 Å². The van der Waals surface area contributed by atoms with Crippen LogP contribution in [0.1, 0.15) is 32.6 Å². The van der Waals surface area contributed by atoms with Crippen LogP contribution in [-0.4, -0.2) is 23.8 Å². The van der Waals surface area contributed by atoms with Crippen LogP contribution in [0.25, 0.3) is 0 Å². The Kier molecular flexibility index (Phi) is 2.90. The highest BCUT2D eigenvalue weighted by Crippen LogP contribution is 2.49. The van der Waals surface area contributed by atoms with Gasteiger partial charge in [0.1, 0.15) is 12.2 Å². The van der Waals surface area contributed by atoms with E-state index in [2.05, 4.69) is 26.2 Å². The van der Waals surface area contributed by atoms with Crippen molar-refractivity contribution in [3.63, 3.8) is 0 Å². The van der Waals surface area contributed by atoms with Gasteiger partial charge in [0.15, 0.2) is 0 Å². The highest BCUT2D eigenvalue weighted by atomic mass is 16.6. The minimum Gasteiger partial charge on any atom is -0.455 e. The van der Waals surface area contributed by atoms with E-state index in [1.807, 2.05) is 6.08 Å². The molecule has 0 radical (unpaired) electrons. The summed E-state index contributed by atoms with van der Waals surface area (Å²) in [6.07, 6.45) is 7.78. The molecular formula is C16H20O3. The summed E-state index contributed by atoms with van der Waals surface area (Å²) in [5.41, 5.74) is 1.70. The molecule has 0 amide bonds. The normalized spacial score (nSPS) is 41.7. The molecule has 3 heteroatoms. The molecule has 3 rings (SSSR count). The number of carbonyl (C=O) groups is 1. The second-order valence-electron chi connectivity index (χ2n) is 5.91. The molecule has 0 unspecified atom stereocenters. The SMILES string of the molecule is C=CC1=CCC[C@@]2(C)O[C@@H]2[C@H]2OC(=O)C(=C)[C@@H]2CC1. The maximum Gasteiger partial charge on any atom is 0.334 e. The van der Waals surface area contributed by atoms with E-state index in [4.69, 9.17) is 9.47 Å². The van der Waals surface area contributed by atoms with Crippen molar-refractivity contribution >= 4 is 5.97 Å². The summed E-state index contributed by atoms with van der Waals surface area (Å²) in [5.74, 6) is -0.169. The zero-order valence-corrected chi connectivity index (χ0v) is 11.4. The van der Waals surface area contributed by atoms with Crippen molar-refractivity contribution in [1.29, 1.82) is 0 Å². The smallest absolute Gasteiger partial charge is 0.334 e. The molecule has 102 valence electrons. The summed E-state index contributed by atoms with van der Waals surface area (Å²) in [7, 11) is 0. The number of fused-ring (bicyclic) bond motifs is 3. The first-order chi connectivity index (χ1) is 9.05. The van der Waals surface area contributed by atoms with Gasteiger partial charge in [0, 0.05) is 11.5 Å². The highest BCUT2D eigenvalue weighted by molar-refractivity contribution is 5.91. The second-order valence-corrected chi connectivity index (χ2v) is 5.91. The number of rotatable bonds is 1. The van der Waals surface area contributed by atoms with E-state index >= 15 is 0 Å². The first-order valence-corrected chi connectivity index (χ1v) is 6.94. The average molecular weight is 260 g/mol. The number of carbonyl (C=O) groups excluding carboxylic acids is 1. The topological polar surface area (TPSA) is 38.8 Å². The predicted octanol–water partition coefficient (Wildman–Crippen LogP) is 2.93. The van der Waals surface area contributed by atoms with Crippen LogP contribution in [0.3, 0.4) is 0 Å². The average Bonchev–Trinajstić information content (AvgIpc) is 2.97. The fraction of sp³-hybridized carbons (Fsp3) is 0.562. The Morgan fingerprint density at radius 1 is 1.53 bits per heavy atom. The molecule has 2 aliphatic heterocycles. The van der Waals surface area contributed by atoms with Gasteiger partial charge in [0.25, 0.3) is 0 Å². The third kappa shape index (κ3) is 2.06. The lowest BCUT2D eigenvalue weighted by Gasteiger charge is -2.19. The molecule has 2 saturated heterocycles. The lowest BCUT2D eigenvalue weighted by Crippen LogP contribution is -2.28. The molecule has 0 saturated carbocycles. The third-order valence-corrected chi connectivity index (χ3v) is 4.64. The van der Waals surface area contributed by atoms with E-state index in [1.54, 1.807) is 0 Å². The third-order valence-electron chi connectivity index (χ3n) is 4.64. The van der Waals surface area contributed by atoms with Gasteiger partial charge in [-0.25, -0.2) is 4.79 Å². The molecule has 0 spiro atoms. The Hall–Kier alpha value is -1.35. The molecule has 19 heavy (non-hydrogen) atoms. The van der Waals surface area contributed by atoms with Crippen molar-refractivity contribution in [3.8, 4) is 0 Å².